The van der Waals surface area contributed by atoms with E-state index < -0.39 is 7.25 Å². The van der Waals surface area contributed by atoms with E-state index in [1.165, 1.54) is 36.5 Å². The Labute approximate surface area is 167 Å². The second kappa shape index (κ2) is 7.84. The molecule has 0 unspecified atom stereocenters. The van der Waals surface area contributed by atoms with Gasteiger partial charge in [-0.3, -0.25) is 0 Å². The van der Waals surface area contributed by atoms with E-state index in [1.807, 2.05) is 0 Å². The Morgan fingerprint density at radius 3 is 1.59 bits per heavy atom. The molecule has 0 amide bonds. The number of fused-ring (bicyclic) bond motifs is 2. The predicted octanol–water partition coefficient (Wildman–Crippen LogP) is 6.39. The average Bonchev–Trinajstić information content (AvgIpc) is 2.62. The molecule has 0 aliphatic heterocycles. The van der Waals surface area contributed by atoms with Crippen LogP contribution in [0.3, 0.4) is 0 Å². The van der Waals surface area contributed by atoms with Gasteiger partial charge in [0.15, 0.2) is 0 Å². The number of para-hydroxylation sites is 2. The van der Waals surface area contributed by atoms with Crippen molar-refractivity contribution < 1.29 is 21.8 Å². The fourth-order valence-corrected chi connectivity index (χ4v) is 3.84. The van der Waals surface area contributed by atoms with E-state index in [4.69, 9.17) is 0 Å². The van der Waals surface area contributed by atoms with Crippen LogP contribution in [0.4, 0.5) is 17.3 Å². The summed E-state index contributed by atoms with van der Waals surface area (Å²) < 4.78 is 42.6. The minimum Gasteiger partial charge on any atom is -0.418 e. The number of hydrogen-bond donors (Lipinski definition) is 0. The summed E-state index contributed by atoms with van der Waals surface area (Å²) in [6.45, 7) is 0. The van der Waals surface area contributed by atoms with Gasteiger partial charge in [0.05, 0.1) is 10.8 Å². The van der Waals surface area contributed by atoms with E-state index in [2.05, 4.69) is 107 Å². The summed E-state index contributed by atoms with van der Waals surface area (Å²) in [5, 5.41) is 2.60. The third-order valence-corrected chi connectivity index (χ3v) is 5.15. The summed E-state index contributed by atoms with van der Waals surface area (Å²) in [6.07, 6.45) is 0. The quantitative estimate of drug-likeness (QED) is 0.0972. The van der Waals surface area contributed by atoms with Gasteiger partial charge in [-0.05, 0) is 46.4 Å². The molecule has 0 aliphatic carbocycles. The molecule has 7 heteroatoms. The number of halogens is 5. The number of aromatic nitrogens is 1. The first-order valence-electron chi connectivity index (χ1n) is 8.19. The highest BCUT2D eigenvalue weighted by Crippen LogP contribution is 2.35. The molecule has 0 N–H and O–H groups in total. The van der Waals surface area contributed by atoms with Crippen molar-refractivity contribution in [2.75, 3.05) is 0 Å². The van der Waals surface area contributed by atoms with E-state index in [0.717, 1.165) is 0 Å². The lowest BCUT2D eigenvalue weighted by atomic mass is 9.96. The van der Waals surface area contributed by atoms with Crippen molar-refractivity contribution in [3.8, 4) is 11.1 Å². The number of aryl methyl sites for hydroxylation is 1. The van der Waals surface area contributed by atoms with Gasteiger partial charge in [0.1, 0.15) is 7.05 Å². The number of pyridine rings is 1. The standard InChI is InChI=1S/C20H15IN.BF4/c1-22-18-12-6-3-9-15(18)20(14-8-2-5-11-17(14)21)16-10-4-7-13-19(16)22;2-1(3,4)5/h2-13H,1H3;/q+1;-1. The molecule has 138 valence electrons. The third kappa shape index (κ3) is 4.40. The molecule has 27 heavy (non-hydrogen) atoms. The van der Waals surface area contributed by atoms with Crippen molar-refractivity contribution in [2.45, 2.75) is 0 Å². The lowest BCUT2D eigenvalue weighted by molar-refractivity contribution is -0.617. The minimum absolute atomic E-state index is 1.26. The molecular weight excluding hydrogens is 468 g/mol. The summed E-state index contributed by atoms with van der Waals surface area (Å²) in [5.41, 5.74) is 5.15. The first kappa shape index (κ1) is 19.6. The van der Waals surface area contributed by atoms with Crippen LogP contribution in [0.5, 0.6) is 0 Å². The molecule has 3 aromatic carbocycles. The highest BCUT2D eigenvalue weighted by molar-refractivity contribution is 14.1. The van der Waals surface area contributed by atoms with E-state index in [1.54, 1.807) is 0 Å². The van der Waals surface area contributed by atoms with Gasteiger partial charge in [-0.1, -0.05) is 42.5 Å². The summed E-state index contributed by atoms with van der Waals surface area (Å²) in [4.78, 5) is 0. The molecule has 0 aliphatic rings. The smallest absolute Gasteiger partial charge is 0.418 e. The molecule has 1 aromatic heterocycles. The summed E-state index contributed by atoms with van der Waals surface area (Å²) in [5.74, 6) is 0. The van der Waals surface area contributed by atoms with Crippen molar-refractivity contribution in [1.29, 1.82) is 0 Å². The fraction of sp³-hybridized carbons (Fsp3) is 0.0500. The van der Waals surface area contributed by atoms with Gasteiger partial charge >= 0.3 is 7.25 Å². The minimum atomic E-state index is -6.00. The van der Waals surface area contributed by atoms with Gasteiger partial charge in [-0.15, -0.1) is 0 Å². The SMILES string of the molecule is C[n+]1c2ccccc2c(-c2ccccc2I)c2ccccc21.F[B-](F)(F)F. The van der Waals surface area contributed by atoms with Crippen LogP contribution in [0.2, 0.25) is 0 Å². The Morgan fingerprint density at radius 2 is 1.11 bits per heavy atom. The summed E-state index contributed by atoms with van der Waals surface area (Å²) in [6, 6.07) is 25.9. The Hall–Kier alpha value is -2.16. The van der Waals surface area contributed by atoms with E-state index in [0.29, 0.717) is 0 Å². The van der Waals surface area contributed by atoms with Crippen LogP contribution in [0.1, 0.15) is 0 Å². The zero-order valence-electron chi connectivity index (χ0n) is 14.3. The van der Waals surface area contributed by atoms with E-state index in [-0.39, 0.29) is 0 Å². The molecule has 1 heterocycles. The van der Waals surface area contributed by atoms with Crippen LogP contribution in [0.15, 0.2) is 72.8 Å². The molecular formula is C20H15BF4IN. The first-order valence-corrected chi connectivity index (χ1v) is 9.27. The van der Waals surface area contributed by atoms with Crippen LogP contribution in [0.25, 0.3) is 32.9 Å². The van der Waals surface area contributed by atoms with Gasteiger partial charge < -0.3 is 17.3 Å². The van der Waals surface area contributed by atoms with Crippen LogP contribution in [-0.2, 0) is 7.05 Å². The van der Waals surface area contributed by atoms with Gasteiger partial charge in [0.25, 0.3) is 0 Å². The van der Waals surface area contributed by atoms with E-state index in [9.17, 15) is 17.3 Å². The highest BCUT2D eigenvalue weighted by atomic mass is 127. The molecule has 1 nitrogen and oxygen atoms in total. The number of hydrogen-bond acceptors (Lipinski definition) is 0. The lowest BCUT2D eigenvalue weighted by Crippen LogP contribution is -2.30. The lowest BCUT2D eigenvalue weighted by Gasteiger charge is -2.11. The van der Waals surface area contributed by atoms with Crippen LogP contribution in [-0.4, -0.2) is 7.25 Å². The van der Waals surface area contributed by atoms with Gasteiger partial charge in [0.2, 0.25) is 11.0 Å². The maximum atomic E-state index is 9.75. The summed E-state index contributed by atoms with van der Waals surface area (Å²) in [7, 11) is -3.86. The Balaban J connectivity index is 0.000000376. The van der Waals surface area contributed by atoms with Gasteiger partial charge in [-0.25, -0.2) is 0 Å². The zero-order chi connectivity index (χ0) is 19.6. The van der Waals surface area contributed by atoms with Crippen molar-refractivity contribution in [2.24, 2.45) is 7.05 Å². The maximum absolute atomic E-state index is 9.75. The predicted molar refractivity (Wildman–Crippen MR) is 111 cm³/mol. The third-order valence-electron chi connectivity index (χ3n) is 4.21. The van der Waals surface area contributed by atoms with Crippen molar-refractivity contribution in [3.05, 3.63) is 76.4 Å². The molecule has 0 atom stereocenters. The molecule has 4 aromatic rings. The maximum Gasteiger partial charge on any atom is 0.673 e. The molecule has 4 rings (SSSR count). The average molecular weight is 483 g/mol. The zero-order valence-corrected chi connectivity index (χ0v) is 16.5. The number of rotatable bonds is 1. The Kier molecular flexibility index (Phi) is 5.69. The Morgan fingerprint density at radius 1 is 0.704 bits per heavy atom. The van der Waals surface area contributed by atoms with Gasteiger partial charge in [-0.2, -0.15) is 4.57 Å². The number of nitrogens with zero attached hydrogens (tertiary/aromatic N) is 1. The highest BCUT2D eigenvalue weighted by Gasteiger charge is 2.21. The molecule has 0 radical (unpaired) electrons. The van der Waals surface area contributed by atoms with Gasteiger partial charge in [0, 0.05) is 21.3 Å². The van der Waals surface area contributed by atoms with Crippen LogP contribution < -0.4 is 4.57 Å². The monoisotopic (exact) mass is 483 g/mol. The summed E-state index contributed by atoms with van der Waals surface area (Å²) >= 11 is 2.43. The molecule has 0 spiro atoms. The Bertz CT molecular complexity index is 1050. The first-order chi connectivity index (χ1) is 12.8. The molecule has 0 fully saturated rings. The van der Waals surface area contributed by atoms with Crippen molar-refractivity contribution in [3.63, 3.8) is 0 Å². The molecule has 0 bridgehead atoms. The molecule has 0 saturated carbocycles. The number of benzene rings is 3. The fourth-order valence-electron chi connectivity index (χ4n) is 3.18. The van der Waals surface area contributed by atoms with Crippen LogP contribution >= 0.6 is 22.6 Å². The second-order valence-corrected chi connectivity index (χ2v) is 7.11. The van der Waals surface area contributed by atoms with Crippen LogP contribution in [0, 0.1) is 3.57 Å². The van der Waals surface area contributed by atoms with Crippen molar-refractivity contribution in [1.82, 2.24) is 0 Å². The second-order valence-electron chi connectivity index (χ2n) is 5.94. The van der Waals surface area contributed by atoms with E-state index >= 15 is 0 Å². The molecule has 0 saturated heterocycles. The van der Waals surface area contributed by atoms with Crippen molar-refractivity contribution >= 4 is 51.7 Å². The topological polar surface area (TPSA) is 3.88 Å². The normalized spacial score (nSPS) is 11.3. The largest absolute Gasteiger partial charge is 0.673 e.